The second kappa shape index (κ2) is 2.93. The average molecular weight is 163 g/mol. The second-order valence-corrected chi connectivity index (χ2v) is 4.74. The van der Waals surface area contributed by atoms with Crippen LogP contribution in [0.5, 0.6) is 0 Å². The van der Waals surface area contributed by atoms with Crippen molar-refractivity contribution in [2.45, 2.75) is 0 Å². The van der Waals surface area contributed by atoms with E-state index in [1.54, 1.807) is 0 Å². The van der Waals surface area contributed by atoms with Gasteiger partial charge in [-0.05, 0) is 0 Å². The van der Waals surface area contributed by atoms with Crippen molar-refractivity contribution in [1.82, 2.24) is 0 Å². The molecule has 5 heteroatoms. The van der Waals surface area contributed by atoms with Crippen LogP contribution in [0.3, 0.4) is 0 Å². The van der Waals surface area contributed by atoms with Crippen LogP contribution in [-0.4, -0.2) is 12.3 Å². The number of halogens is 2. The van der Waals surface area contributed by atoms with Gasteiger partial charge in [0, 0.05) is 6.66 Å². The molecule has 0 heterocycles. The summed E-state index contributed by atoms with van der Waals surface area (Å²) >= 11 is 9.87. The van der Waals surface area contributed by atoms with E-state index in [2.05, 4.69) is 4.08 Å². The fraction of sp³-hybridized carbons (Fsp3) is 1.00. The van der Waals surface area contributed by atoms with Gasteiger partial charge in [-0.2, -0.15) is 0 Å². The van der Waals surface area contributed by atoms with E-state index in [9.17, 15) is 4.57 Å². The molecule has 0 aromatic rings. The monoisotopic (exact) mass is 162 g/mol. The van der Waals surface area contributed by atoms with Crippen molar-refractivity contribution in [2.24, 2.45) is 0 Å². The lowest BCUT2D eigenvalue weighted by atomic mass is 11.9. The third-order valence-electron chi connectivity index (χ3n) is 0.363. The highest BCUT2D eigenvalue weighted by molar-refractivity contribution is 7.60. The third-order valence-corrected chi connectivity index (χ3v) is 3.27. The van der Waals surface area contributed by atoms with Crippen LogP contribution in [0.1, 0.15) is 0 Å². The highest BCUT2D eigenvalue weighted by atomic mass is 35.5. The number of rotatable bonds is 2. The Morgan fingerprint density at radius 1 is 1.86 bits per heavy atom. The summed E-state index contributed by atoms with van der Waals surface area (Å²) < 4.78 is 14.4. The second-order valence-electron chi connectivity index (χ2n) is 1.20. The van der Waals surface area contributed by atoms with E-state index in [1.807, 2.05) is 0 Å². The molecule has 0 aliphatic heterocycles. The lowest BCUT2D eigenvalue weighted by Gasteiger charge is -1.99. The number of alkyl halides is 1. The van der Waals surface area contributed by atoms with Gasteiger partial charge in [0.1, 0.15) is 5.62 Å². The molecule has 7 heavy (non-hydrogen) atoms. The molecule has 0 aromatic carbocycles. The molecule has 0 radical (unpaired) electrons. The largest absolute Gasteiger partial charge is 0.291 e. The van der Waals surface area contributed by atoms with Crippen molar-refractivity contribution in [3.05, 3.63) is 0 Å². The molecule has 2 nitrogen and oxygen atoms in total. The van der Waals surface area contributed by atoms with E-state index in [-0.39, 0.29) is 5.62 Å². The van der Waals surface area contributed by atoms with Crippen molar-refractivity contribution in [2.75, 3.05) is 12.3 Å². The van der Waals surface area contributed by atoms with Gasteiger partial charge in [-0.1, -0.05) is 0 Å². The first kappa shape index (κ1) is 7.77. The Kier molecular flexibility index (Phi) is 3.25. The van der Waals surface area contributed by atoms with Gasteiger partial charge in [-0.15, -0.1) is 11.6 Å². The quantitative estimate of drug-likeness (QED) is 0.460. The summed E-state index contributed by atoms with van der Waals surface area (Å²) in [4.78, 5) is 0. The predicted octanol–water partition coefficient (Wildman–Crippen LogP) is 2.26. The molecule has 0 saturated heterocycles. The first-order valence-electron chi connectivity index (χ1n) is 1.55. The first-order chi connectivity index (χ1) is 3.12. The maximum atomic E-state index is 10.5. The summed E-state index contributed by atoms with van der Waals surface area (Å²) in [7, 11) is -2.62. The Morgan fingerprint density at radius 3 is 2.29 bits per heavy atom. The number of hydrogen-bond acceptors (Lipinski definition) is 2. The standard InChI is InChI=1S/C2H5Cl2O2P/c1-7(5,2-3)6-4/h2H2,1H3. The van der Waals surface area contributed by atoms with Crippen molar-refractivity contribution < 1.29 is 8.64 Å². The van der Waals surface area contributed by atoms with E-state index in [4.69, 9.17) is 23.5 Å². The van der Waals surface area contributed by atoms with Crippen LogP contribution in [0.2, 0.25) is 0 Å². The zero-order valence-electron chi connectivity index (χ0n) is 3.73. The molecule has 0 bridgehead atoms. The normalized spacial score (nSPS) is 18.7. The average Bonchev–Trinajstić information content (AvgIpc) is 1.68. The van der Waals surface area contributed by atoms with Gasteiger partial charge in [0.05, 0.1) is 11.9 Å². The smallest absolute Gasteiger partial charge is 0.232 e. The summed E-state index contributed by atoms with van der Waals surface area (Å²) in [6.45, 7) is 1.37. The molecule has 0 spiro atoms. The first-order valence-corrected chi connectivity index (χ1v) is 4.65. The Morgan fingerprint density at radius 2 is 2.29 bits per heavy atom. The summed E-state index contributed by atoms with van der Waals surface area (Å²) in [5.41, 5.74) is -0.0312. The minimum absolute atomic E-state index is 0.0312. The fourth-order valence-electron chi connectivity index (χ4n) is 0.0184. The van der Waals surface area contributed by atoms with Gasteiger partial charge in [-0.3, -0.25) is 4.57 Å². The molecule has 0 saturated carbocycles. The Bertz CT molecular complexity index is 85.7. The van der Waals surface area contributed by atoms with Gasteiger partial charge in [0.15, 0.2) is 0 Å². The number of hydrogen-bond donors (Lipinski definition) is 0. The molecule has 1 atom stereocenters. The van der Waals surface area contributed by atoms with E-state index in [0.29, 0.717) is 0 Å². The third kappa shape index (κ3) is 3.36. The zero-order valence-corrected chi connectivity index (χ0v) is 6.13. The van der Waals surface area contributed by atoms with Crippen LogP contribution in [0.15, 0.2) is 0 Å². The van der Waals surface area contributed by atoms with Gasteiger partial charge in [-0.25, -0.2) is 4.08 Å². The molecule has 0 amide bonds. The van der Waals surface area contributed by atoms with Gasteiger partial charge < -0.3 is 0 Å². The van der Waals surface area contributed by atoms with Gasteiger partial charge >= 0.3 is 0 Å². The SMILES string of the molecule is CP(=O)(CCl)OCl. The molecule has 0 aliphatic rings. The molecule has 0 aliphatic carbocycles. The Labute approximate surface area is 52.4 Å². The Hall–Kier alpha value is 0.770. The highest BCUT2D eigenvalue weighted by Crippen LogP contribution is 2.44. The van der Waals surface area contributed by atoms with E-state index in [0.717, 1.165) is 0 Å². The Balaban J connectivity index is 3.61. The molecule has 0 aromatic heterocycles. The summed E-state index contributed by atoms with van der Waals surface area (Å²) in [6.07, 6.45) is 0. The van der Waals surface area contributed by atoms with Crippen LogP contribution in [0.4, 0.5) is 0 Å². The molecule has 0 N–H and O–H groups in total. The van der Waals surface area contributed by atoms with Crippen LogP contribution in [0, 0.1) is 0 Å². The molecular formula is C2H5Cl2O2P. The molecule has 0 rings (SSSR count). The topological polar surface area (TPSA) is 26.3 Å². The highest BCUT2D eigenvalue weighted by Gasteiger charge is 2.11. The van der Waals surface area contributed by atoms with Gasteiger partial charge in [0.2, 0.25) is 7.37 Å². The van der Waals surface area contributed by atoms with Crippen LogP contribution < -0.4 is 0 Å². The van der Waals surface area contributed by atoms with Crippen molar-refractivity contribution in [3.63, 3.8) is 0 Å². The van der Waals surface area contributed by atoms with Crippen molar-refractivity contribution in [1.29, 1.82) is 0 Å². The summed E-state index contributed by atoms with van der Waals surface area (Å²) in [5, 5.41) is 0. The zero-order chi connectivity index (χ0) is 5.91. The lowest BCUT2D eigenvalue weighted by molar-refractivity contribution is 0.514. The predicted molar refractivity (Wildman–Crippen MR) is 31.2 cm³/mol. The summed E-state index contributed by atoms with van der Waals surface area (Å²) in [5.74, 6) is 0. The van der Waals surface area contributed by atoms with Crippen LogP contribution >= 0.6 is 30.8 Å². The van der Waals surface area contributed by atoms with Crippen LogP contribution in [0.25, 0.3) is 0 Å². The van der Waals surface area contributed by atoms with E-state index < -0.39 is 7.37 Å². The maximum Gasteiger partial charge on any atom is 0.232 e. The summed E-state index contributed by atoms with van der Waals surface area (Å²) in [6, 6.07) is 0. The van der Waals surface area contributed by atoms with Crippen molar-refractivity contribution >= 4 is 30.8 Å². The molecule has 0 fully saturated rings. The maximum absolute atomic E-state index is 10.5. The van der Waals surface area contributed by atoms with Crippen molar-refractivity contribution in [3.8, 4) is 0 Å². The van der Waals surface area contributed by atoms with Gasteiger partial charge in [0.25, 0.3) is 0 Å². The lowest BCUT2D eigenvalue weighted by Crippen LogP contribution is -1.75. The molecule has 1 unspecified atom stereocenters. The molecule has 44 valence electrons. The van der Waals surface area contributed by atoms with E-state index in [1.165, 1.54) is 6.66 Å². The van der Waals surface area contributed by atoms with E-state index >= 15 is 0 Å². The minimum atomic E-state index is -2.62. The fourth-order valence-corrected chi connectivity index (χ4v) is 0.498. The minimum Gasteiger partial charge on any atom is -0.291 e. The molecular weight excluding hydrogens is 158 g/mol. The van der Waals surface area contributed by atoms with Crippen LogP contribution in [-0.2, 0) is 8.64 Å².